The van der Waals surface area contributed by atoms with Crippen LogP contribution in [0.2, 0.25) is 0 Å². The first-order chi connectivity index (χ1) is 17.0. The van der Waals surface area contributed by atoms with Gasteiger partial charge in [-0.05, 0) is 86.8 Å². The Labute approximate surface area is 209 Å². The quantitative estimate of drug-likeness (QED) is 0.203. The number of benzene rings is 1. The van der Waals surface area contributed by atoms with E-state index in [1.54, 1.807) is 0 Å². The molecule has 9 heteroatoms. The van der Waals surface area contributed by atoms with E-state index in [2.05, 4.69) is 36.4 Å². The van der Waals surface area contributed by atoms with E-state index in [1.165, 1.54) is 29.8 Å². The molecular formula is C27H33F5N4. The maximum atomic E-state index is 13.4. The molecule has 2 heterocycles. The molecule has 2 aromatic rings. The molecule has 0 amide bonds. The fraction of sp³-hybridized carbons (Fsp3) is 0.444. The summed E-state index contributed by atoms with van der Waals surface area (Å²) in [5.74, 6) is 0. The molecule has 2 N–H and O–H groups in total. The van der Waals surface area contributed by atoms with Crippen LogP contribution in [0.3, 0.4) is 0 Å². The third-order valence-electron chi connectivity index (χ3n) is 6.63. The van der Waals surface area contributed by atoms with Crippen LogP contribution in [0.25, 0.3) is 11.1 Å². The minimum Gasteiger partial charge on any atom is -0.355 e. The third-order valence-corrected chi connectivity index (χ3v) is 6.63. The summed E-state index contributed by atoms with van der Waals surface area (Å²) in [5.41, 5.74) is 2.80. The number of rotatable bonds is 9. The van der Waals surface area contributed by atoms with Gasteiger partial charge in [0.05, 0.1) is 0 Å². The summed E-state index contributed by atoms with van der Waals surface area (Å²) in [6, 6.07) is 6.12. The van der Waals surface area contributed by atoms with Crippen LogP contribution in [0.1, 0.15) is 65.5 Å². The topological polar surface area (TPSA) is 40.2 Å². The zero-order valence-corrected chi connectivity index (χ0v) is 21.1. The van der Waals surface area contributed by atoms with Crippen molar-refractivity contribution in [3.05, 3.63) is 65.1 Å². The van der Waals surface area contributed by atoms with Gasteiger partial charge in [0.1, 0.15) is 11.4 Å². The van der Waals surface area contributed by atoms with Gasteiger partial charge in [0.2, 0.25) is 0 Å². The normalized spacial score (nSPS) is 19.3. The van der Waals surface area contributed by atoms with Gasteiger partial charge in [0.15, 0.2) is 0 Å². The Kier molecular flexibility index (Phi) is 8.76. The molecule has 1 unspecified atom stereocenters. The molecule has 0 aliphatic carbocycles. The molecule has 1 aliphatic heterocycles. The molecule has 0 saturated carbocycles. The third kappa shape index (κ3) is 6.24. The van der Waals surface area contributed by atoms with Crippen molar-refractivity contribution in [1.29, 1.82) is 0 Å². The van der Waals surface area contributed by atoms with Gasteiger partial charge in [-0.15, -0.1) is 0 Å². The molecule has 4 nitrogen and oxygen atoms in total. The average molecular weight is 509 g/mol. The SMILES string of the molecule is CC/C=C(Nc1ccc(N(F)F)cc1-c1ccc(C(F)(F)F)nc1)\C(C)=C(/CCC)C1(C)CCCN1. The lowest BCUT2D eigenvalue weighted by Gasteiger charge is -2.31. The van der Waals surface area contributed by atoms with Crippen molar-refractivity contribution in [3.63, 3.8) is 0 Å². The molecule has 0 bridgehead atoms. The first-order valence-electron chi connectivity index (χ1n) is 12.2. The Morgan fingerprint density at radius 3 is 2.47 bits per heavy atom. The van der Waals surface area contributed by atoms with Crippen molar-refractivity contribution in [2.45, 2.75) is 71.5 Å². The van der Waals surface area contributed by atoms with Crippen LogP contribution in [0, 0.1) is 0 Å². The highest BCUT2D eigenvalue weighted by Crippen LogP contribution is 2.38. The van der Waals surface area contributed by atoms with Gasteiger partial charge in [-0.25, -0.2) is 0 Å². The Hall–Kier alpha value is -2.94. The lowest BCUT2D eigenvalue weighted by Crippen LogP contribution is -2.39. The van der Waals surface area contributed by atoms with E-state index < -0.39 is 17.2 Å². The maximum absolute atomic E-state index is 13.4. The van der Waals surface area contributed by atoms with E-state index in [4.69, 9.17) is 0 Å². The summed E-state index contributed by atoms with van der Waals surface area (Å²) in [5, 5.41) is 6.01. The van der Waals surface area contributed by atoms with Crippen LogP contribution in [0.15, 0.2) is 59.4 Å². The second-order valence-electron chi connectivity index (χ2n) is 9.26. The predicted molar refractivity (Wildman–Crippen MR) is 135 cm³/mol. The minimum absolute atomic E-state index is 0.123. The molecule has 1 aliphatic rings. The zero-order valence-electron chi connectivity index (χ0n) is 21.1. The Morgan fingerprint density at radius 1 is 1.19 bits per heavy atom. The number of hydrogen-bond donors (Lipinski definition) is 2. The molecule has 1 aromatic heterocycles. The second kappa shape index (κ2) is 11.4. The summed E-state index contributed by atoms with van der Waals surface area (Å²) < 4.78 is 65.8. The monoisotopic (exact) mass is 508 g/mol. The van der Waals surface area contributed by atoms with E-state index in [-0.39, 0.29) is 11.2 Å². The highest BCUT2D eigenvalue weighted by Gasteiger charge is 2.34. The van der Waals surface area contributed by atoms with Gasteiger partial charge >= 0.3 is 6.18 Å². The number of nitrogens with one attached hydrogen (secondary N) is 2. The lowest BCUT2D eigenvalue weighted by molar-refractivity contribution is -0.141. The smallest absolute Gasteiger partial charge is 0.355 e. The number of alkyl halides is 3. The van der Waals surface area contributed by atoms with Crippen molar-refractivity contribution in [3.8, 4) is 11.1 Å². The Morgan fingerprint density at radius 2 is 1.94 bits per heavy atom. The van der Waals surface area contributed by atoms with Crippen molar-refractivity contribution < 1.29 is 22.1 Å². The first kappa shape index (κ1) is 27.6. The van der Waals surface area contributed by atoms with E-state index >= 15 is 0 Å². The standard InChI is InChI=1S/C27H33F5N4/c1-5-8-22(26(4)14-7-15-34-26)18(3)23(9-6-2)35-24-12-11-20(36(31)32)16-21(24)19-10-13-25(33-17-19)27(28,29)30/h9-13,16-17,34-35H,5-8,14-15H2,1-4H3/b22-18+,23-9+. The number of allylic oxidation sites excluding steroid dienone is 2. The fourth-order valence-corrected chi connectivity index (χ4v) is 4.80. The summed E-state index contributed by atoms with van der Waals surface area (Å²) in [7, 11) is 0. The number of pyridine rings is 1. The number of anilines is 2. The largest absolute Gasteiger partial charge is 0.433 e. The van der Waals surface area contributed by atoms with Gasteiger partial charge in [0.25, 0.3) is 0 Å². The number of aromatic nitrogens is 1. The highest BCUT2D eigenvalue weighted by atomic mass is 19.4. The molecule has 196 valence electrons. The molecule has 1 saturated heterocycles. The van der Waals surface area contributed by atoms with E-state index in [9.17, 15) is 22.1 Å². The molecule has 0 spiro atoms. The zero-order chi connectivity index (χ0) is 26.5. The number of hydrogen-bond acceptors (Lipinski definition) is 4. The van der Waals surface area contributed by atoms with Crippen LogP contribution < -0.4 is 16.0 Å². The van der Waals surface area contributed by atoms with E-state index in [0.717, 1.165) is 62.2 Å². The van der Waals surface area contributed by atoms with Gasteiger partial charge in [-0.2, -0.15) is 13.2 Å². The molecule has 1 atom stereocenters. The Bertz CT molecular complexity index is 1100. The van der Waals surface area contributed by atoms with Crippen LogP contribution in [-0.2, 0) is 6.18 Å². The maximum Gasteiger partial charge on any atom is 0.433 e. The summed E-state index contributed by atoms with van der Waals surface area (Å²) in [6.45, 7) is 9.37. The molecule has 1 fully saturated rings. The van der Waals surface area contributed by atoms with Gasteiger partial charge in [-0.3, -0.25) is 4.98 Å². The van der Waals surface area contributed by atoms with Gasteiger partial charge in [-0.1, -0.05) is 41.4 Å². The van der Waals surface area contributed by atoms with Crippen LogP contribution in [-0.4, -0.2) is 17.1 Å². The molecule has 1 aromatic carbocycles. The van der Waals surface area contributed by atoms with Crippen LogP contribution in [0.5, 0.6) is 0 Å². The van der Waals surface area contributed by atoms with E-state index in [1.807, 2.05) is 13.0 Å². The Balaban J connectivity index is 2.08. The average Bonchev–Trinajstić information content (AvgIpc) is 3.28. The van der Waals surface area contributed by atoms with Crippen molar-refractivity contribution in [1.82, 2.24) is 10.3 Å². The van der Waals surface area contributed by atoms with Gasteiger partial charge in [0, 0.05) is 34.2 Å². The fourth-order valence-electron chi connectivity index (χ4n) is 4.80. The molecule has 0 radical (unpaired) electrons. The number of halogens is 5. The number of nitrogens with zero attached hydrogens (tertiary/aromatic N) is 2. The first-order valence-corrected chi connectivity index (χ1v) is 12.2. The van der Waals surface area contributed by atoms with Crippen molar-refractivity contribution in [2.75, 3.05) is 17.2 Å². The second-order valence-corrected chi connectivity index (χ2v) is 9.26. The van der Waals surface area contributed by atoms with Crippen molar-refractivity contribution in [2.24, 2.45) is 0 Å². The van der Waals surface area contributed by atoms with Gasteiger partial charge < -0.3 is 10.6 Å². The highest BCUT2D eigenvalue weighted by molar-refractivity contribution is 5.82. The van der Waals surface area contributed by atoms with Crippen LogP contribution >= 0.6 is 0 Å². The summed E-state index contributed by atoms with van der Waals surface area (Å²) in [6.07, 6.45) is 3.26. The molecule has 36 heavy (non-hydrogen) atoms. The van der Waals surface area contributed by atoms with E-state index in [0.29, 0.717) is 16.8 Å². The summed E-state index contributed by atoms with van der Waals surface area (Å²) in [4.78, 5) is 3.52. The van der Waals surface area contributed by atoms with Crippen LogP contribution in [0.4, 0.5) is 33.5 Å². The minimum atomic E-state index is -4.59. The lowest BCUT2D eigenvalue weighted by atomic mass is 9.83. The predicted octanol–water partition coefficient (Wildman–Crippen LogP) is 8.31. The molecular weight excluding hydrogens is 475 g/mol. The molecule has 3 rings (SSSR count). The summed E-state index contributed by atoms with van der Waals surface area (Å²) >= 11 is 0. The van der Waals surface area contributed by atoms with Crippen molar-refractivity contribution >= 4 is 11.4 Å².